The van der Waals surface area contributed by atoms with Crippen LogP contribution in [0.3, 0.4) is 0 Å². The maximum atomic E-state index is 14.4. The van der Waals surface area contributed by atoms with Gasteiger partial charge in [-0.1, -0.05) is 76.6 Å². The minimum atomic E-state index is -0.759. The van der Waals surface area contributed by atoms with Crippen molar-refractivity contribution in [2.45, 2.75) is 25.5 Å². The molecule has 1 atom stereocenters. The van der Waals surface area contributed by atoms with Crippen LogP contribution in [-0.4, -0.2) is 32.0 Å². The third-order valence-electron chi connectivity index (χ3n) is 6.39. The second-order valence-corrected chi connectivity index (χ2v) is 10.1. The van der Waals surface area contributed by atoms with E-state index in [-0.39, 0.29) is 30.6 Å². The number of ether oxygens (including phenoxy) is 2. The van der Waals surface area contributed by atoms with Crippen molar-refractivity contribution in [2.75, 3.05) is 14.2 Å². The molecule has 4 rings (SSSR count). The van der Waals surface area contributed by atoms with Crippen LogP contribution in [-0.2, 0) is 29.0 Å². The predicted octanol–water partition coefficient (Wildman–Crippen LogP) is 5.86. The summed E-state index contributed by atoms with van der Waals surface area (Å²) >= 11 is 3.42. The van der Waals surface area contributed by atoms with Gasteiger partial charge in [0, 0.05) is 23.5 Å². The molecule has 0 aromatic heterocycles. The number of benzene rings is 4. The van der Waals surface area contributed by atoms with Crippen molar-refractivity contribution < 1.29 is 23.5 Å². The van der Waals surface area contributed by atoms with E-state index in [2.05, 4.69) is 26.6 Å². The SMILES string of the molecule is CNC(=O)[C@@H](Cc1ccc(-c2ccc(F)c(OCc3ccccc3)c2)cc1)NC(=O)Cc1cc(Br)ccc1OC. The summed E-state index contributed by atoms with van der Waals surface area (Å²) in [6, 6.07) is 26.6. The smallest absolute Gasteiger partial charge is 0.242 e. The molecule has 206 valence electrons. The molecule has 0 saturated heterocycles. The van der Waals surface area contributed by atoms with Gasteiger partial charge in [-0.25, -0.2) is 4.39 Å². The molecule has 0 bridgehead atoms. The maximum Gasteiger partial charge on any atom is 0.242 e. The molecule has 8 heteroatoms. The summed E-state index contributed by atoms with van der Waals surface area (Å²) < 4.78 is 26.3. The lowest BCUT2D eigenvalue weighted by Gasteiger charge is -2.18. The van der Waals surface area contributed by atoms with Crippen molar-refractivity contribution in [1.29, 1.82) is 0 Å². The Labute approximate surface area is 241 Å². The number of rotatable bonds is 11. The topological polar surface area (TPSA) is 76.7 Å². The van der Waals surface area contributed by atoms with Gasteiger partial charge in [-0.3, -0.25) is 9.59 Å². The van der Waals surface area contributed by atoms with Gasteiger partial charge in [0.25, 0.3) is 0 Å². The first-order valence-electron chi connectivity index (χ1n) is 12.7. The van der Waals surface area contributed by atoms with Crippen molar-refractivity contribution in [3.63, 3.8) is 0 Å². The molecule has 2 N–H and O–H groups in total. The Kier molecular flexibility index (Phi) is 9.91. The molecule has 0 unspecified atom stereocenters. The van der Waals surface area contributed by atoms with E-state index >= 15 is 0 Å². The summed E-state index contributed by atoms with van der Waals surface area (Å²) in [5.74, 6) is -0.246. The molecule has 0 radical (unpaired) electrons. The average molecular weight is 606 g/mol. The molecule has 4 aromatic carbocycles. The summed E-state index contributed by atoms with van der Waals surface area (Å²) in [6.07, 6.45) is 0.366. The number of likely N-dealkylation sites (N-methyl/N-ethyl adjacent to an activating group) is 1. The van der Waals surface area contributed by atoms with E-state index in [4.69, 9.17) is 9.47 Å². The summed E-state index contributed by atoms with van der Waals surface area (Å²) in [4.78, 5) is 25.4. The molecule has 0 spiro atoms. The van der Waals surface area contributed by atoms with Crippen molar-refractivity contribution in [3.8, 4) is 22.6 Å². The Bertz CT molecular complexity index is 1460. The Balaban J connectivity index is 1.43. The first-order valence-corrected chi connectivity index (χ1v) is 13.5. The summed E-state index contributed by atoms with van der Waals surface area (Å²) in [7, 11) is 3.08. The second kappa shape index (κ2) is 13.8. The second-order valence-electron chi connectivity index (χ2n) is 9.19. The van der Waals surface area contributed by atoms with Gasteiger partial charge in [0.1, 0.15) is 18.4 Å². The zero-order chi connectivity index (χ0) is 28.5. The average Bonchev–Trinajstić information content (AvgIpc) is 2.97. The molecule has 40 heavy (non-hydrogen) atoms. The molecular weight excluding hydrogens is 575 g/mol. The first-order chi connectivity index (χ1) is 19.4. The number of hydrogen-bond acceptors (Lipinski definition) is 4. The quantitative estimate of drug-likeness (QED) is 0.225. The Morgan fingerprint density at radius 2 is 1.60 bits per heavy atom. The summed E-state index contributed by atoms with van der Waals surface area (Å²) in [5.41, 5.74) is 4.19. The van der Waals surface area contributed by atoms with Gasteiger partial charge >= 0.3 is 0 Å². The Hall–Kier alpha value is -4.17. The van der Waals surface area contributed by atoms with Gasteiger partial charge in [0.2, 0.25) is 11.8 Å². The molecular formula is C32H30BrFN2O4. The number of carbonyl (C=O) groups is 2. The van der Waals surface area contributed by atoms with E-state index in [1.54, 1.807) is 25.3 Å². The lowest BCUT2D eigenvalue weighted by molar-refractivity contribution is -0.128. The van der Waals surface area contributed by atoms with Crippen LogP contribution in [0.4, 0.5) is 4.39 Å². The minimum absolute atomic E-state index is 0.0638. The maximum absolute atomic E-state index is 14.4. The molecule has 0 fully saturated rings. The zero-order valence-electron chi connectivity index (χ0n) is 22.2. The number of hydrogen-bond donors (Lipinski definition) is 2. The first kappa shape index (κ1) is 28.8. The summed E-state index contributed by atoms with van der Waals surface area (Å²) in [5, 5.41) is 5.47. The molecule has 6 nitrogen and oxygen atoms in total. The van der Waals surface area contributed by atoms with Crippen LogP contribution in [0, 0.1) is 5.82 Å². The standard InChI is InChI=1S/C32H30BrFN2O4/c1-35-32(38)28(36-31(37)19-25-17-26(33)13-15-29(25)39-2)16-21-8-10-23(11-9-21)24-12-14-27(34)30(18-24)40-20-22-6-4-3-5-7-22/h3-15,17-18,28H,16,19-20H2,1-2H3,(H,35,38)(H,36,37)/t28-/m1/s1. The van der Waals surface area contributed by atoms with Crippen LogP contribution >= 0.6 is 15.9 Å². The van der Waals surface area contributed by atoms with Gasteiger partial charge in [-0.15, -0.1) is 0 Å². The molecule has 0 aliphatic carbocycles. The lowest BCUT2D eigenvalue weighted by atomic mass is 9.99. The van der Waals surface area contributed by atoms with Gasteiger partial charge in [-0.2, -0.15) is 0 Å². The van der Waals surface area contributed by atoms with E-state index < -0.39 is 11.9 Å². The number of carbonyl (C=O) groups excluding carboxylic acids is 2. The molecule has 0 aliphatic heterocycles. The highest BCUT2D eigenvalue weighted by Gasteiger charge is 2.21. The highest BCUT2D eigenvalue weighted by atomic mass is 79.9. The van der Waals surface area contributed by atoms with E-state index in [1.807, 2.05) is 66.7 Å². The molecule has 0 aliphatic rings. The van der Waals surface area contributed by atoms with Crippen LogP contribution in [0.2, 0.25) is 0 Å². The lowest BCUT2D eigenvalue weighted by Crippen LogP contribution is -2.47. The van der Waals surface area contributed by atoms with Crippen molar-refractivity contribution in [1.82, 2.24) is 10.6 Å². The fourth-order valence-electron chi connectivity index (χ4n) is 4.28. The predicted molar refractivity (Wildman–Crippen MR) is 157 cm³/mol. The van der Waals surface area contributed by atoms with Gasteiger partial charge in [-0.05, 0) is 52.6 Å². The molecule has 0 saturated carbocycles. The van der Waals surface area contributed by atoms with Gasteiger partial charge < -0.3 is 20.1 Å². The van der Waals surface area contributed by atoms with Gasteiger partial charge in [0.15, 0.2) is 11.6 Å². The van der Waals surface area contributed by atoms with Crippen LogP contribution < -0.4 is 20.1 Å². The van der Waals surface area contributed by atoms with Crippen molar-refractivity contribution >= 4 is 27.7 Å². The van der Waals surface area contributed by atoms with Crippen molar-refractivity contribution in [3.05, 3.63) is 118 Å². The molecule has 0 heterocycles. The van der Waals surface area contributed by atoms with E-state index in [1.165, 1.54) is 13.1 Å². The Morgan fingerprint density at radius 3 is 2.30 bits per heavy atom. The van der Waals surface area contributed by atoms with E-state index in [9.17, 15) is 14.0 Å². The molecule has 4 aromatic rings. The molecule has 2 amide bonds. The number of halogens is 2. The van der Waals surface area contributed by atoms with Crippen LogP contribution in [0.1, 0.15) is 16.7 Å². The number of methoxy groups -OCH3 is 1. The van der Waals surface area contributed by atoms with E-state index in [0.29, 0.717) is 17.7 Å². The Morgan fingerprint density at radius 1 is 0.875 bits per heavy atom. The third kappa shape index (κ3) is 7.70. The normalized spacial score (nSPS) is 11.4. The number of amides is 2. The monoisotopic (exact) mass is 604 g/mol. The van der Waals surface area contributed by atoms with E-state index in [0.717, 1.165) is 26.7 Å². The fraction of sp³-hybridized carbons (Fsp3) is 0.188. The van der Waals surface area contributed by atoms with Crippen LogP contribution in [0.5, 0.6) is 11.5 Å². The largest absolute Gasteiger partial charge is 0.496 e. The zero-order valence-corrected chi connectivity index (χ0v) is 23.8. The summed E-state index contributed by atoms with van der Waals surface area (Å²) in [6.45, 7) is 0.265. The highest BCUT2D eigenvalue weighted by molar-refractivity contribution is 9.10. The highest BCUT2D eigenvalue weighted by Crippen LogP contribution is 2.28. The fourth-order valence-corrected chi connectivity index (χ4v) is 4.69. The third-order valence-corrected chi connectivity index (χ3v) is 6.88. The van der Waals surface area contributed by atoms with Crippen LogP contribution in [0.15, 0.2) is 95.5 Å². The minimum Gasteiger partial charge on any atom is -0.496 e. The van der Waals surface area contributed by atoms with Crippen molar-refractivity contribution in [2.24, 2.45) is 0 Å². The van der Waals surface area contributed by atoms with Gasteiger partial charge in [0.05, 0.1) is 13.5 Å². The van der Waals surface area contributed by atoms with Crippen LogP contribution in [0.25, 0.3) is 11.1 Å². The number of nitrogens with one attached hydrogen (secondary N) is 2.